The Morgan fingerprint density at radius 1 is 1.22 bits per heavy atom. The smallest absolute Gasteiger partial charge is 0.179 e. The summed E-state index contributed by atoms with van der Waals surface area (Å²) in [6, 6.07) is 9.66. The Labute approximate surface area is 110 Å². The van der Waals surface area contributed by atoms with Gasteiger partial charge in [-0.15, -0.1) is 0 Å². The lowest BCUT2D eigenvalue weighted by molar-refractivity contribution is 0.0698. The highest BCUT2D eigenvalue weighted by atomic mass is 16.5. The molecule has 1 aromatic rings. The van der Waals surface area contributed by atoms with E-state index in [0.717, 1.165) is 12.1 Å². The van der Waals surface area contributed by atoms with Gasteiger partial charge in [-0.3, -0.25) is 9.69 Å². The van der Waals surface area contributed by atoms with Gasteiger partial charge in [-0.05, 0) is 20.8 Å². The third-order valence-electron chi connectivity index (χ3n) is 3.15. The van der Waals surface area contributed by atoms with E-state index in [9.17, 15) is 4.79 Å². The van der Waals surface area contributed by atoms with Crippen LogP contribution in [0.4, 0.5) is 0 Å². The van der Waals surface area contributed by atoms with Crippen LogP contribution in [-0.2, 0) is 4.74 Å². The highest BCUT2D eigenvalue weighted by Gasteiger charge is 2.23. The number of rotatable bonds is 7. The molecule has 3 nitrogen and oxygen atoms in total. The molecule has 0 bridgehead atoms. The van der Waals surface area contributed by atoms with Crippen LogP contribution in [0.1, 0.15) is 31.1 Å². The van der Waals surface area contributed by atoms with Gasteiger partial charge in [0.05, 0.1) is 12.6 Å². The van der Waals surface area contributed by atoms with E-state index in [0.29, 0.717) is 12.6 Å². The number of carbonyl (C=O) groups excluding carboxylic acids is 1. The molecular weight excluding hydrogens is 226 g/mol. The molecule has 0 aliphatic carbocycles. The zero-order chi connectivity index (χ0) is 13.5. The van der Waals surface area contributed by atoms with Crippen molar-refractivity contribution >= 4 is 5.78 Å². The van der Waals surface area contributed by atoms with Crippen molar-refractivity contribution < 1.29 is 9.53 Å². The van der Waals surface area contributed by atoms with Gasteiger partial charge < -0.3 is 4.74 Å². The van der Waals surface area contributed by atoms with Crippen molar-refractivity contribution in [1.82, 2.24) is 4.90 Å². The van der Waals surface area contributed by atoms with Crippen LogP contribution < -0.4 is 0 Å². The molecule has 0 spiro atoms. The molecule has 1 atom stereocenters. The minimum absolute atomic E-state index is 0.123. The van der Waals surface area contributed by atoms with Gasteiger partial charge in [0.25, 0.3) is 0 Å². The number of hydrogen-bond acceptors (Lipinski definition) is 3. The van der Waals surface area contributed by atoms with Crippen LogP contribution in [0.25, 0.3) is 0 Å². The Balaban J connectivity index is 2.76. The van der Waals surface area contributed by atoms with Crippen molar-refractivity contribution in [2.75, 3.05) is 20.3 Å². The largest absolute Gasteiger partial charge is 0.383 e. The molecule has 0 amide bonds. The zero-order valence-corrected chi connectivity index (χ0v) is 11.7. The molecule has 0 saturated carbocycles. The van der Waals surface area contributed by atoms with Gasteiger partial charge in [0.15, 0.2) is 5.78 Å². The van der Waals surface area contributed by atoms with Crippen molar-refractivity contribution in [3.8, 4) is 0 Å². The molecule has 0 aromatic heterocycles. The number of Topliss-reactive ketones (excluding diaryl/α,β-unsaturated/α-hetero) is 1. The molecule has 0 radical (unpaired) electrons. The summed E-state index contributed by atoms with van der Waals surface area (Å²) in [5.74, 6) is 0.167. The van der Waals surface area contributed by atoms with Gasteiger partial charge in [0.1, 0.15) is 0 Å². The molecule has 0 fully saturated rings. The van der Waals surface area contributed by atoms with Crippen LogP contribution in [0.2, 0.25) is 0 Å². The summed E-state index contributed by atoms with van der Waals surface area (Å²) in [5, 5.41) is 0. The van der Waals surface area contributed by atoms with Gasteiger partial charge >= 0.3 is 0 Å². The Bertz CT molecular complexity index is 362. The Kier molecular flexibility index (Phi) is 6.02. The standard InChI is InChI=1S/C15H23NO2/c1-12(2)16(10-11-18-4)13(3)15(17)14-8-6-5-7-9-14/h5-9,12-13H,10-11H2,1-4H3. The normalized spacial score (nSPS) is 13.0. The Morgan fingerprint density at radius 3 is 2.33 bits per heavy atom. The molecule has 0 N–H and O–H groups in total. The lowest BCUT2D eigenvalue weighted by Crippen LogP contribution is -2.45. The number of ether oxygens (including phenoxy) is 1. The number of benzene rings is 1. The van der Waals surface area contributed by atoms with E-state index in [1.165, 1.54) is 0 Å². The quantitative estimate of drug-likeness (QED) is 0.696. The highest BCUT2D eigenvalue weighted by molar-refractivity contribution is 5.99. The topological polar surface area (TPSA) is 29.5 Å². The molecule has 1 aromatic carbocycles. The lowest BCUT2D eigenvalue weighted by Gasteiger charge is -2.31. The summed E-state index contributed by atoms with van der Waals surface area (Å²) in [6.07, 6.45) is 0. The maximum atomic E-state index is 12.4. The molecule has 0 heterocycles. The molecule has 0 aliphatic rings. The van der Waals surface area contributed by atoms with E-state index < -0.39 is 0 Å². The van der Waals surface area contributed by atoms with Gasteiger partial charge in [0.2, 0.25) is 0 Å². The molecule has 1 rings (SSSR count). The van der Waals surface area contributed by atoms with Gasteiger partial charge in [-0.25, -0.2) is 0 Å². The maximum Gasteiger partial charge on any atom is 0.179 e. The summed E-state index contributed by atoms with van der Waals surface area (Å²) in [6.45, 7) is 7.58. The Morgan fingerprint density at radius 2 is 1.83 bits per heavy atom. The third kappa shape index (κ3) is 3.93. The first-order chi connectivity index (χ1) is 8.57. The molecule has 0 aliphatic heterocycles. The van der Waals surface area contributed by atoms with E-state index >= 15 is 0 Å². The van der Waals surface area contributed by atoms with Crippen molar-refractivity contribution in [2.45, 2.75) is 32.9 Å². The predicted octanol–water partition coefficient (Wildman–Crippen LogP) is 2.61. The van der Waals surface area contributed by atoms with E-state index in [1.54, 1.807) is 7.11 Å². The SMILES string of the molecule is COCCN(C(C)C)C(C)C(=O)c1ccccc1. The molecule has 100 valence electrons. The fourth-order valence-corrected chi connectivity index (χ4v) is 2.09. The molecule has 0 saturated heterocycles. The second kappa shape index (κ2) is 7.29. The number of carbonyl (C=O) groups is 1. The fourth-order valence-electron chi connectivity index (χ4n) is 2.09. The minimum atomic E-state index is -0.123. The highest BCUT2D eigenvalue weighted by Crippen LogP contribution is 2.11. The van der Waals surface area contributed by atoms with Crippen LogP contribution in [0, 0.1) is 0 Å². The number of hydrogen-bond donors (Lipinski definition) is 0. The summed E-state index contributed by atoms with van der Waals surface area (Å²) < 4.78 is 5.11. The molecular formula is C15H23NO2. The number of ketones is 1. The fraction of sp³-hybridized carbons (Fsp3) is 0.533. The second-order valence-electron chi connectivity index (χ2n) is 4.73. The van der Waals surface area contributed by atoms with Crippen LogP contribution in [0.5, 0.6) is 0 Å². The average molecular weight is 249 g/mol. The first kappa shape index (κ1) is 14.9. The summed E-state index contributed by atoms with van der Waals surface area (Å²) in [7, 11) is 1.68. The van der Waals surface area contributed by atoms with Crippen molar-refractivity contribution in [3.05, 3.63) is 35.9 Å². The summed E-state index contributed by atoms with van der Waals surface area (Å²) in [5.41, 5.74) is 0.771. The lowest BCUT2D eigenvalue weighted by atomic mass is 10.0. The zero-order valence-electron chi connectivity index (χ0n) is 11.7. The van der Waals surface area contributed by atoms with Crippen LogP contribution in [0.15, 0.2) is 30.3 Å². The van der Waals surface area contributed by atoms with Crippen LogP contribution in [-0.4, -0.2) is 43.0 Å². The average Bonchev–Trinajstić information content (AvgIpc) is 2.38. The van der Waals surface area contributed by atoms with Crippen molar-refractivity contribution in [1.29, 1.82) is 0 Å². The molecule has 3 heteroatoms. The Hall–Kier alpha value is -1.19. The summed E-state index contributed by atoms with van der Waals surface area (Å²) in [4.78, 5) is 14.5. The van der Waals surface area contributed by atoms with E-state index in [1.807, 2.05) is 37.3 Å². The third-order valence-corrected chi connectivity index (χ3v) is 3.15. The van der Waals surface area contributed by atoms with Gasteiger partial charge in [-0.2, -0.15) is 0 Å². The van der Waals surface area contributed by atoms with E-state index in [4.69, 9.17) is 4.74 Å². The van der Waals surface area contributed by atoms with Crippen molar-refractivity contribution in [3.63, 3.8) is 0 Å². The predicted molar refractivity (Wildman–Crippen MR) is 74.0 cm³/mol. The first-order valence-corrected chi connectivity index (χ1v) is 6.42. The van der Waals surface area contributed by atoms with Gasteiger partial charge in [-0.1, -0.05) is 30.3 Å². The van der Waals surface area contributed by atoms with Crippen molar-refractivity contribution in [2.24, 2.45) is 0 Å². The number of nitrogens with zero attached hydrogens (tertiary/aromatic N) is 1. The second-order valence-corrected chi connectivity index (χ2v) is 4.73. The molecule has 18 heavy (non-hydrogen) atoms. The number of methoxy groups -OCH3 is 1. The van der Waals surface area contributed by atoms with Crippen LogP contribution >= 0.6 is 0 Å². The monoisotopic (exact) mass is 249 g/mol. The van der Waals surface area contributed by atoms with Crippen LogP contribution in [0.3, 0.4) is 0 Å². The molecule has 1 unspecified atom stereocenters. The van der Waals surface area contributed by atoms with E-state index in [2.05, 4.69) is 18.7 Å². The summed E-state index contributed by atoms with van der Waals surface area (Å²) >= 11 is 0. The first-order valence-electron chi connectivity index (χ1n) is 6.42. The maximum absolute atomic E-state index is 12.4. The van der Waals surface area contributed by atoms with E-state index in [-0.39, 0.29) is 11.8 Å². The minimum Gasteiger partial charge on any atom is -0.383 e. The van der Waals surface area contributed by atoms with Gasteiger partial charge in [0, 0.05) is 25.3 Å².